The minimum atomic E-state index is -3.74. The highest BCUT2D eigenvalue weighted by Crippen LogP contribution is 2.25. The minimum Gasteiger partial charge on any atom is -0.481 e. The summed E-state index contributed by atoms with van der Waals surface area (Å²) in [5.74, 6) is -1.65. The van der Waals surface area contributed by atoms with E-state index in [0.717, 1.165) is 0 Å². The lowest BCUT2D eigenvalue weighted by atomic mass is 10.3. The van der Waals surface area contributed by atoms with Gasteiger partial charge >= 0.3 is 5.97 Å². The number of aliphatic hydroxyl groups excluding tert-OH is 1. The molecule has 0 radical (unpaired) electrons. The van der Waals surface area contributed by atoms with E-state index in [1.807, 2.05) is 0 Å². The molecule has 8 nitrogen and oxygen atoms in total. The van der Waals surface area contributed by atoms with Crippen molar-refractivity contribution >= 4 is 27.2 Å². The van der Waals surface area contributed by atoms with Gasteiger partial charge in [-0.25, -0.2) is 8.42 Å². The summed E-state index contributed by atoms with van der Waals surface area (Å²) in [6, 6.07) is 4.44. The molecule has 0 saturated carbocycles. The zero-order valence-electron chi connectivity index (χ0n) is 12.1. The normalized spacial score (nSPS) is 11.3. The smallest absolute Gasteiger partial charge is 0.304 e. The van der Waals surface area contributed by atoms with E-state index in [1.165, 1.54) is 6.07 Å². The number of anilines is 2. The molecule has 0 aliphatic heterocycles. The Bertz CT molecular complexity index is 604. The Labute approximate surface area is 129 Å². The molecule has 1 aromatic carbocycles. The number of nitrogens with one attached hydrogen (secondary N) is 2. The van der Waals surface area contributed by atoms with Crippen LogP contribution in [0.4, 0.5) is 11.4 Å². The van der Waals surface area contributed by atoms with E-state index in [9.17, 15) is 13.2 Å². The molecule has 0 unspecified atom stereocenters. The van der Waals surface area contributed by atoms with Crippen LogP contribution >= 0.6 is 0 Å². The molecule has 22 heavy (non-hydrogen) atoms. The molecular formula is C13H21N3O5S. The standard InChI is InChI=1S/C13H21N3O5S/c14-10-1-2-11(16-5-4-15-6-7-17)12(9-10)22(20,21)8-3-13(18)19/h1-2,9,15-17H,3-8,14H2,(H,18,19). The van der Waals surface area contributed by atoms with E-state index in [0.29, 0.717) is 25.3 Å². The Morgan fingerprint density at radius 3 is 2.59 bits per heavy atom. The topological polar surface area (TPSA) is 142 Å². The number of aliphatic hydroxyl groups is 1. The van der Waals surface area contributed by atoms with Crippen molar-refractivity contribution in [2.75, 3.05) is 43.0 Å². The lowest BCUT2D eigenvalue weighted by Gasteiger charge is -2.13. The molecule has 0 bridgehead atoms. The van der Waals surface area contributed by atoms with Crippen molar-refractivity contribution in [3.05, 3.63) is 18.2 Å². The summed E-state index contributed by atoms with van der Waals surface area (Å²) in [4.78, 5) is 10.6. The summed E-state index contributed by atoms with van der Waals surface area (Å²) in [7, 11) is -3.74. The van der Waals surface area contributed by atoms with Crippen LogP contribution in [0.3, 0.4) is 0 Å². The first-order valence-corrected chi connectivity index (χ1v) is 8.41. The van der Waals surface area contributed by atoms with Crippen molar-refractivity contribution < 1.29 is 23.4 Å². The molecule has 0 saturated heterocycles. The molecule has 0 fully saturated rings. The maximum absolute atomic E-state index is 12.2. The maximum atomic E-state index is 12.2. The Hall–Kier alpha value is -1.84. The molecule has 0 spiro atoms. The van der Waals surface area contributed by atoms with E-state index in [-0.39, 0.29) is 17.2 Å². The first-order chi connectivity index (χ1) is 10.4. The summed E-state index contributed by atoms with van der Waals surface area (Å²) < 4.78 is 24.5. The van der Waals surface area contributed by atoms with Crippen LogP contribution in [0.1, 0.15) is 6.42 Å². The molecule has 0 aromatic heterocycles. The fraction of sp³-hybridized carbons (Fsp3) is 0.462. The van der Waals surface area contributed by atoms with Gasteiger partial charge in [0.25, 0.3) is 0 Å². The lowest BCUT2D eigenvalue weighted by Crippen LogP contribution is -2.25. The van der Waals surface area contributed by atoms with E-state index in [4.69, 9.17) is 15.9 Å². The second-order valence-electron chi connectivity index (χ2n) is 4.62. The van der Waals surface area contributed by atoms with Crippen LogP contribution in [0.5, 0.6) is 0 Å². The minimum absolute atomic E-state index is 0.00379. The highest BCUT2D eigenvalue weighted by atomic mass is 32.2. The monoisotopic (exact) mass is 331 g/mol. The molecule has 9 heteroatoms. The number of carboxylic acid groups (broad SMARTS) is 1. The molecule has 0 atom stereocenters. The zero-order chi connectivity index (χ0) is 16.6. The van der Waals surface area contributed by atoms with Gasteiger partial charge in [0.15, 0.2) is 9.84 Å². The molecule has 0 aliphatic rings. The summed E-state index contributed by atoms with van der Waals surface area (Å²) >= 11 is 0. The third-order valence-electron chi connectivity index (χ3n) is 2.83. The highest BCUT2D eigenvalue weighted by molar-refractivity contribution is 7.91. The third-order valence-corrected chi connectivity index (χ3v) is 4.58. The van der Waals surface area contributed by atoms with Crippen molar-refractivity contribution in [2.24, 2.45) is 0 Å². The van der Waals surface area contributed by atoms with Crippen molar-refractivity contribution in [3.63, 3.8) is 0 Å². The Morgan fingerprint density at radius 2 is 1.95 bits per heavy atom. The van der Waals surface area contributed by atoms with E-state index < -0.39 is 28.0 Å². The SMILES string of the molecule is Nc1ccc(NCCNCCO)c(S(=O)(=O)CCC(=O)O)c1. The van der Waals surface area contributed by atoms with Gasteiger partial charge in [-0.3, -0.25) is 4.79 Å². The summed E-state index contributed by atoms with van der Waals surface area (Å²) in [5.41, 5.74) is 6.30. The van der Waals surface area contributed by atoms with Crippen molar-refractivity contribution in [1.82, 2.24) is 5.32 Å². The van der Waals surface area contributed by atoms with Crippen LogP contribution in [0, 0.1) is 0 Å². The lowest BCUT2D eigenvalue weighted by molar-refractivity contribution is -0.136. The van der Waals surface area contributed by atoms with Gasteiger partial charge in [-0.2, -0.15) is 0 Å². The number of carboxylic acids is 1. The number of nitrogen functional groups attached to an aromatic ring is 1. The van der Waals surface area contributed by atoms with Crippen molar-refractivity contribution in [3.8, 4) is 0 Å². The Balaban J connectivity index is 2.83. The summed E-state index contributed by atoms with van der Waals surface area (Å²) in [6.07, 6.45) is -0.464. The van der Waals surface area contributed by atoms with Crippen molar-refractivity contribution in [2.45, 2.75) is 11.3 Å². The first kappa shape index (κ1) is 18.2. The van der Waals surface area contributed by atoms with Gasteiger partial charge in [-0.1, -0.05) is 0 Å². The predicted octanol–water partition coefficient (Wildman–Crippen LogP) is -0.489. The molecule has 0 heterocycles. The van der Waals surface area contributed by atoms with Crippen LogP contribution in [-0.4, -0.2) is 56.6 Å². The number of nitrogens with two attached hydrogens (primary N) is 1. The van der Waals surface area contributed by atoms with E-state index >= 15 is 0 Å². The highest BCUT2D eigenvalue weighted by Gasteiger charge is 2.20. The molecule has 6 N–H and O–H groups in total. The average molecular weight is 331 g/mol. The maximum Gasteiger partial charge on any atom is 0.304 e. The fourth-order valence-electron chi connectivity index (χ4n) is 1.76. The molecule has 1 aromatic rings. The van der Waals surface area contributed by atoms with Gasteiger partial charge in [-0.15, -0.1) is 0 Å². The van der Waals surface area contributed by atoms with Gasteiger partial charge in [0.1, 0.15) is 0 Å². The molecule has 1 rings (SSSR count). The van der Waals surface area contributed by atoms with Crippen LogP contribution in [0.2, 0.25) is 0 Å². The van der Waals surface area contributed by atoms with Gasteiger partial charge in [0.05, 0.1) is 29.4 Å². The number of hydrogen-bond donors (Lipinski definition) is 5. The second-order valence-corrected chi connectivity index (χ2v) is 6.70. The number of carbonyl (C=O) groups is 1. The van der Waals surface area contributed by atoms with Gasteiger partial charge < -0.3 is 26.6 Å². The van der Waals surface area contributed by atoms with Crippen LogP contribution in [-0.2, 0) is 14.6 Å². The number of rotatable bonds is 10. The first-order valence-electron chi connectivity index (χ1n) is 6.76. The molecule has 124 valence electrons. The predicted molar refractivity (Wildman–Crippen MR) is 83.6 cm³/mol. The average Bonchev–Trinajstić information content (AvgIpc) is 2.46. The molecule has 0 aliphatic carbocycles. The Kier molecular flexibility index (Phi) is 7.09. The Morgan fingerprint density at radius 1 is 1.23 bits per heavy atom. The summed E-state index contributed by atoms with van der Waals surface area (Å²) in [5, 5.41) is 23.2. The van der Waals surface area contributed by atoms with Crippen LogP contribution < -0.4 is 16.4 Å². The third kappa shape index (κ3) is 5.88. The number of benzene rings is 1. The molecular weight excluding hydrogens is 310 g/mol. The fourth-order valence-corrected chi connectivity index (χ4v) is 3.22. The number of aliphatic carboxylic acids is 1. The quantitative estimate of drug-likeness (QED) is 0.286. The zero-order valence-corrected chi connectivity index (χ0v) is 12.9. The number of sulfone groups is 1. The van der Waals surface area contributed by atoms with Gasteiger partial charge in [-0.05, 0) is 18.2 Å². The van der Waals surface area contributed by atoms with Crippen molar-refractivity contribution in [1.29, 1.82) is 0 Å². The van der Waals surface area contributed by atoms with Crippen LogP contribution in [0.25, 0.3) is 0 Å². The largest absolute Gasteiger partial charge is 0.481 e. The molecule has 0 amide bonds. The van der Waals surface area contributed by atoms with E-state index in [2.05, 4.69) is 10.6 Å². The second kappa shape index (κ2) is 8.57. The van der Waals surface area contributed by atoms with Gasteiger partial charge in [0.2, 0.25) is 0 Å². The van der Waals surface area contributed by atoms with Crippen LogP contribution in [0.15, 0.2) is 23.1 Å². The summed E-state index contributed by atoms with van der Waals surface area (Å²) in [6.45, 7) is 1.47. The number of hydrogen-bond acceptors (Lipinski definition) is 7. The van der Waals surface area contributed by atoms with E-state index in [1.54, 1.807) is 12.1 Å². The van der Waals surface area contributed by atoms with Gasteiger partial charge in [0, 0.05) is 25.3 Å².